The van der Waals surface area contributed by atoms with Crippen molar-refractivity contribution in [1.29, 1.82) is 0 Å². The number of hydrogen-bond donors (Lipinski definition) is 1. The molecule has 0 atom stereocenters. The molecule has 0 unspecified atom stereocenters. The average Bonchev–Trinajstić information content (AvgIpc) is 3.48. The standard InChI is InChI=1S/C24H18N4OS/c29-24(25-16-19-12-7-13-30-19)21-15-23-26-20(17-8-3-1-4-9-17)14-22(28(23)27-21)18-10-5-2-6-11-18/h1-15H,16H2,(H,25,29). The number of thiophene rings is 1. The lowest BCUT2D eigenvalue weighted by molar-refractivity contribution is 0.0946. The van der Waals surface area contributed by atoms with Gasteiger partial charge in [0.25, 0.3) is 5.91 Å². The normalized spacial score (nSPS) is 10.9. The molecule has 0 aliphatic heterocycles. The van der Waals surface area contributed by atoms with E-state index < -0.39 is 0 Å². The second kappa shape index (κ2) is 7.93. The number of carbonyl (C=O) groups excluding carboxylic acids is 1. The zero-order valence-corrected chi connectivity index (χ0v) is 16.8. The van der Waals surface area contributed by atoms with E-state index in [9.17, 15) is 4.79 Å². The highest BCUT2D eigenvalue weighted by molar-refractivity contribution is 7.09. The van der Waals surface area contributed by atoms with Crippen molar-refractivity contribution in [1.82, 2.24) is 19.9 Å². The smallest absolute Gasteiger partial charge is 0.272 e. The number of benzene rings is 2. The maximum Gasteiger partial charge on any atom is 0.272 e. The minimum Gasteiger partial charge on any atom is -0.346 e. The molecule has 3 heterocycles. The van der Waals surface area contributed by atoms with Crippen LogP contribution in [0.2, 0.25) is 0 Å². The molecule has 0 radical (unpaired) electrons. The van der Waals surface area contributed by atoms with E-state index in [4.69, 9.17) is 4.98 Å². The first kappa shape index (κ1) is 18.3. The van der Waals surface area contributed by atoms with Crippen LogP contribution in [0.5, 0.6) is 0 Å². The van der Waals surface area contributed by atoms with Gasteiger partial charge in [0.1, 0.15) is 0 Å². The van der Waals surface area contributed by atoms with Crippen molar-refractivity contribution in [2.75, 3.05) is 0 Å². The van der Waals surface area contributed by atoms with Crippen LogP contribution in [-0.4, -0.2) is 20.5 Å². The lowest BCUT2D eigenvalue weighted by atomic mass is 10.1. The molecular weight excluding hydrogens is 392 g/mol. The number of nitrogens with zero attached hydrogens (tertiary/aromatic N) is 3. The molecule has 3 aromatic heterocycles. The maximum absolute atomic E-state index is 12.7. The minimum atomic E-state index is -0.214. The lowest BCUT2D eigenvalue weighted by Crippen LogP contribution is -2.22. The largest absolute Gasteiger partial charge is 0.346 e. The Morgan fingerprint density at radius 1 is 0.900 bits per heavy atom. The van der Waals surface area contributed by atoms with Crippen LogP contribution in [0.25, 0.3) is 28.2 Å². The molecule has 2 aromatic carbocycles. The third-order valence-corrected chi connectivity index (χ3v) is 5.68. The van der Waals surface area contributed by atoms with Crippen LogP contribution in [0.1, 0.15) is 15.4 Å². The molecule has 5 rings (SSSR count). The molecule has 5 aromatic rings. The average molecular weight is 411 g/mol. The van der Waals surface area contributed by atoms with Crippen LogP contribution in [0.3, 0.4) is 0 Å². The second-order valence-corrected chi connectivity index (χ2v) is 7.85. The number of nitrogens with one attached hydrogen (secondary N) is 1. The fourth-order valence-electron chi connectivity index (χ4n) is 3.33. The van der Waals surface area contributed by atoms with E-state index in [-0.39, 0.29) is 5.91 Å². The van der Waals surface area contributed by atoms with Crippen molar-refractivity contribution in [3.8, 4) is 22.5 Å². The summed E-state index contributed by atoms with van der Waals surface area (Å²) in [6, 6.07) is 27.7. The molecule has 0 saturated carbocycles. The number of hydrogen-bond acceptors (Lipinski definition) is 4. The van der Waals surface area contributed by atoms with Crippen molar-refractivity contribution in [3.63, 3.8) is 0 Å². The van der Waals surface area contributed by atoms with Crippen LogP contribution in [0.15, 0.2) is 90.3 Å². The number of amides is 1. The van der Waals surface area contributed by atoms with E-state index in [2.05, 4.69) is 10.4 Å². The summed E-state index contributed by atoms with van der Waals surface area (Å²) in [4.78, 5) is 18.6. The first-order valence-electron chi connectivity index (χ1n) is 9.60. The van der Waals surface area contributed by atoms with Crippen LogP contribution in [-0.2, 0) is 6.54 Å². The van der Waals surface area contributed by atoms with Crippen LogP contribution >= 0.6 is 11.3 Å². The minimum absolute atomic E-state index is 0.214. The molecule has 0 saturated heterocycles. The molecule has 1 N–H and O–H groups in total. The van der Waals surface area contributed by atoms with E-state index in [0.717, 1.165) is 27.4 Å². The topological polar surface area (TPSA) is 59.3 Å². The lowest BCUT2D eigenvalue weighted by Gasteiger charge is -2.08. The van der Waals surface area contributed by atoms with Crippen molar-refractivity contribution in [3.05, 3.63) is 101 Å². The van der Waals surface area contributed by atoms with Gasteiger partial charge >= 0.3 is 0 Å². The molecule has 30 heavy (non-hydrogen) atoms. The number of rotatable bonds is 5. The van der Waals surface area contributed by atoms with Gasteiger partial charge in [-0.1, -0.05) is 66.7 Å². The maximum atomic E-state index is 12.7. The number of aromatic nitrogens is 3. The van der Waals surface area contributed by atoms with Crippen LogP contribution in [0, 0.1) is 0 Å². The van der Waals surface area contributed by atoms with Gasteiger partial charge in [0.2, 0.25) is 0 Å². The van der Waals surface area contributed by atoms with Gasteiger partial charge in [0.15, 0.2) is 11.3 Å². The first-order chi connectivity index (χ1) is 14.8. The third kappa shape index (κ3) is 3.60. The Morgan fingerprint density at radius 3 is 2.33 bits per heavy atom. The predicted octanol–water partition coefficient (Wildman–Crippen LogP) is 5.05. The molecule has 6 heteroatoms. The highest BCUT2D eigenvalue weighted by Gasteiger charge is 2.16. The van der Waals surface area contributed by atoms with Crippen molar-refractivity contribution in [2.45, 2.75) is 6.54 Å². The summed E-state index contributed by atoms with van der Waals surface area (Å²) in [7, 11) is 0. The molecule has 1 amide bonds. The van der Waals surface area contributed by atoms with Gasteiger partial charge in [-0.15, -0.1) is 11.3 Å². The molecule has 5 nitrogen and oxygen atoms in total. The molecule has 0 spiro atoms. The van der Waals surface area contributed by atoms with Crippen LogP contribution in [0.4, 0.5) is 0 Å². The summed E-state index contributed by atoms with van der Waals surface area (Å²) in [5.74, 6) is -0.214. The van der Waals surface area contributed by atoms with Gasteiger partial charge in [-0.25, -0.2) is 9.50 Å². The summed E-state index contributed by atoms with van der Waals surface area (Å²) in [5.41, 5.74) is 4.74. The van der Waals surface area contributed by atoms with Crippen molar-refractivity contribution >= 4 is 22.9 Å². The highest BCUT2D eigenvalue weighted by atomic mass is 32.1. The van der Waals surface area contributed by atoms with E-state index in [1.807, 2.05) is 84.2 Å². The second-order valence-electron chi connectivity index (χ2n) is 6.82. The first-order valence-corrected chi connectivity index (χ1v) is 10.5. The monoisotopic (exact) mass is 410 g/mol. The fraction of sp³-hybridized carbons (Fsp3) is 0.0417. The molecular formula is C24H18N4OS. The van der Waals surface area contributed by atoms with Gasteiger partial charge in [-0.05, 0) is 17.5 Å². The van der Waals surface area contributed by atoms with Gasteiger partial charge in [0, 0.05) is 22.1 Å². The Bertz CT molecular complexity index is 1300. The molecule has 0 aliphatic rings. The summed E-state index contributed by atoms with van der Waals surface area (Å²) >= 11 is 1.61. The van der Waals surface area contributed by atoms with E-state index >= 15 is 0 Å². The summed E-state index contributed by atoms with van der Waals surface area (Å²) in [6.45, 7) is 0.485. The molecule has 0 aliphatic carbocycles. The number of carbonyl (C=O) groups is 1. The Labute approximate surface area is 177 Å². The molecule has 146 valence electrons. The van der Waals surface area contributed by atoms with E-state index in [1.54, 1.807) is 21.9 Å². The van der Waals surface area contributed by atoms with Gasteiger partial charge < -0.3 is 5.32 Å². The molecule has 0 bridgehead atoms. The summed E-state index contributed by atoms with van der Waals surface area (Å²) < 4.78 is 1.74. The van der Waals surface area contributed by atoms with Gasteiger partial charge in [-0.2, -0.15) is 5.10 Å². The zero-order valence-electron chi connectivity index (χ0n) is 16.0. The Morgan fingerprint density at radius 2 is 1.63 bits per heavy atom. The zero-order chi connectivity index (χ0) is 20.3. The van der Waals surface area contributed by atoms with Crippen LogP contribution < -0.4 is 5.32 Å². The summed E-state index contributed by atoms with van der Waals surface area (Å²) in [5, 5.41) is 9.50. The van der Waals surface area contributed by atoms with E-state index in [0.29, 0.717) is 17.9 Å². The van der Waals surface area contributed by atoms with Crippen molar-refractivity contribution < 1.29 is 4.79 Å². The quantitative estimate of drug-likeness (QED) is 0.441. The Balaban J connectivity index is 1.58. The van der Waals surface area contributed by atoms with Crippen molar-refractivity contribution in [2.24, 2.45) is 0 Å². The summed E-state index contributed by atoms with van der Waals surface area (Å²) in [6.07, 6.45) is 0. The highest BCUT2D eigenvalue weighted by Crippen LogP contribution is 2.26. The van der Waals surface area contributed by atoms with E-state index in [1.165, 1.54) is 0 Å². The third-order valence-electron chi connectivity index (χ3n) is 4.80. The van der Waals surface area contributed by atoms with Gasteiger partial charge in [-0.3, -0.25) is 4.79 Å². The number of fused-ring (bicyclic) bond motifs is 1. The van der Waals surface area contributed by atoms with Gasteiger partial charge in [0.05, 0.1) is 17.9 Å². The predicted molar refractivity (Wildman–Crippen MR) is 119 cm³/mol. The Hall–Kier alpha value is -3.77. The SMILES string of the molecule is O=C(NCc1cccs1)c1cc2nc(-c3ccccc3)cc(-c3ccccc3)n2n1. The Kier molecular flexibility index (Phi) is 4.83. The fourth-order valence-corrected chi connectivity index (χ4v) is 3.97. The molecule has 0 fully saturated rings.